The van der Waals surface area contributed by atoms with Crippen LogP contribution in [0.5, 0.6) is 0 Å². The third-order valence-corrected chi connectivity index (χ3v) is 6.03. The predicted octanol–water partition coefficient (Wildman–Crippen LogP) is 3.94. The Hall–Kier alpha value is -3.90. The van der Waals surface area contributed by atoms with E-state index in [1.807, 2.05) is 50.2 Å². The molecule has 3 aromatic rings. The van der Waals surface area contributed by atoms with Gasteiger partial charge in [0.05, 0.1) is 6.04 Å². The van der Waals surface area contributed by atoms with Crippen molar-refractivity contribution in [3.8, 4) is 6.07 Å². The summed E-state index contributed by atoms with van der Waals surface area (Å²) in [6.07, 6.45) is 0.441. The van der Waals surface area contributed by atoms with E-state index in [2.05, 4.69) is 4.98 Å². The van der Waals surface area contributed by atoms with Crippen molar-refractivity contribution in [2.45, 2.75) is 39.8 Å². The average molecular weight is 494 g/mol. The summed E-state index contributed by atoms with van der Waals surface area (Å²) in [7, 11) is 0. The first-order valence-electron chi connectivity index (χ1n) is 11.7. The van der Waals surface area contributed by atoms with Gasteiger partial charge in [-0.15, -0.1) is 0 Å². The van der Waals surface area contributed by atoms with Crippen LogP contribution in [0.3, 0.4) is 0 Å². The van der Waals surface area contributed by atoms with Crippen molar-refractivity contribution in [2.75, 3.05) is 13.1 Å². The van der Waals surface area contributed by atoms with E-state index < -0.39 is 29.1 Å². The maximum absolute atomic E-state index is 14.0. The molecule has 1 unspecified atom stereocenters. The van der Waals surface area contributed by atoms with Gasteiger partial charge in [0.2, 0.25) is 0 Å². The van der Waals surface area contributed by atoms with E-state index in [1.165, 1.54) is 11.0 Å². The van der Waals surface area contributed by atoms with Gasteiger partial charge in [0.25, 0.3) is 11.5 Å². The highest BCUT2D eigenvalue weighted by molar-refractivity contribution is 5.94. The van der Waals surface area contributed by atoms with Crippen LogP contribution in [0.1, 0.15) is 59.3 Å². The van der Waals surface area contributed by atoms with Gasteiger partial charge >= 0.3 is 0 Å². The smallest absolute Gasteiger partial charge is 0.291 e. The molecule has 1 aromatic heterocycles. The fraction of sp³-hybridized carbons (Fsp3) is 0.333. The lowest BCUT2D eigenvalue weighted by molar-refractivity contribution is 0.0601. The Labute approximate surface area is 208 Å². The quantitative estimate of drug-likeness (QED) is 0.486. The predicted molar refractivity (Wildman–Crippen MR) is 132 cm³/mol. The number of aromatic nitrogens is 2. The minimum absolute atomic E-state index is 0.0288. The van der Waals surface area contributed by atoms with Crippen molar-refractivity contribution in [1.29, 1.82) is 5.26 Å². The molecule has 3 rings (SSSR count). The Morgan fingerprint density at radius 3 is 2.44 bits per heavy atom. The van der Waals surface area contributed by atoms with Gasteiger partial charge in [-0.2, -0.15) is 10.2 Å². The van der Waals surface area contributed by atoms with Crippen molar-refractivity contribution in [3.05, 3.63) is 98.7 Å². The number of nitriles is 1. The van der Waals surface area contributed by atoms with Crippen LogP contribution in [0.4, 0.5) is 8.78 Å². The average Bonchev–Trinajstić information content (AvgIpc) is 2.85. The Morgan fingerprint density at radius 2 is 1.86 bits per heavy atom. The first-order valence-corrected chi connectivity index (χ1v) is 11.7. The first kappa shape index (κ1) is 26.7. The molecule has 0 radical (unpaired) electrons. The van der Waals surface area contributed by atoms with Crippen LogP contribution < -0.4 is 11.3 Å². The van der Waals surface area contributed by atoms with Gasteiger partial charge in [-0.25, -0.2) is 8.78 Å². The maximum Gasteiger partial charge on any atom is 0.291 e. The summed E-state index contributed by atoms with van der Waals surface area (Å²) >= 11 is 0. The number of amides is 1. The van der Waals surface area contributed by atoms with Crippen LogP contribution in [0.2, 0.25) is 0 Å². The van der Waals surface area contributed by atoms with Crippen molar-refractivity contribution >= 4 is 5.91 Å². The standard InChI is InChI=1S/C27H29F2N5O2/c1-17(2)24(33(13-7-12-30)27(36)20-10-11-22(28)23(29)14-20)25-32-26(35)21(15-31)18(3)34(25)16-19-8-5-4-6-9-19/h4-6,8-11,14,17,24H,7,12-13,16,30H2,1-3H3. The molecule has 1 heterocycles. The molecule has 1 amide bonds. The van der Waals surface area contributed by atoms with Gasteiger partial charge in [0.15, 0.2) is 11.6 Å². The van der Waals surface area contributed by atoms with Crippen LogP contribution in [0, 0.1) is 35.8 Å². The maximum atomic E-state index is 14.0. The fourth-order valence-corrected chi connectivity index (χ4v) is 4.22. The summed E-state index contributed by atoms with van der Waals surface area (Å²) in [6.45, 7) is 6.25. The van der Waals surface area contributed by atoms with Crippen LogP contribution in [-0.4, -0.2) is 33.4 Å². The third kappa shape index (κ3) is 5.66. The lowest BCUT2D eigenvalue weighted by Gasteiger charge is -2.36. The lowest BCUT2D eigenvalue weighted by Crippen LogP contribution is -2.42. The van der Waals surface area contributed by atoms with Crippen LogP contribution in [0.15, 0.2) is 53.3 Å². The summed E-state index contributed by atoms with van der Waals surface area (Å²) in [6, 6.07) is 13.7. The van der Waals surface area contributed by atoms with Crippen molar-refractivity contribution in [3.63, 3.8) is 0 Å². The van der Waals surface area contributed by atoms with Gasteiger partial charge in [-0.1, -0.05) is 44.2 Å². The number of carbonyl (C=O) groups is 1. The SMILES string of the molecule is Cc1c(C#N)c(=O)nc(C(C(C)C)N(CCCN)C(=O)c2ccc(F)c(F)c2)n1Cc1ccccc1. The van der Waals surface area contributed by atoms with E-state index in [9.17, 15) is 23.6 Å². The minimum atomic E-state index is -1.13. The molecule has 9 heteroatoms. The zero-order valence-corrected chi connectivity index (χ0v) is 20.5. The zero-order valence-electron chi connectivity index (χ0n) is 20.5. The molecule has 188 valence electrons. The van der Waals surface area contributed by atoms with Gasteiger partial charge in [-0.3, -0.25) is 9.59 Å². The van der Waals surface area contributed by atoms with Gasteiger partial charge in [0, 0.05) is 24.3 Å². The second-order valence-electron chi connectivity index (χ2n) is 8.88. The Bertz CT molecular complexity index is 1330. The molecule has 7 nitrogen and oxygen atoms in total. The summed E-state index contributed by atoms with van der Waals surface area (Å²) in [4.78, 5) is 32.2. The number of nitrogens with two attached hydrogens (primary N) is 1. The molecule has 0 aliphatic carbocycles. The van der Waals surface area contributed by atoms with E-state index in [-0.39, 0.29) is 23.6 Å². The van der Waals surface area contributed by atoms with E-state index in [4.69, 9.17) is 5.73 Å². The van der Waals surface area contributed by atoms with E-state index in [0.29, 0.717) is 31.0 Å². The van der Waals surface area contributed by atoms with E-state index >= 15 is 0 Å². The molecule has 1 atom stereocenters. The number of rotatable bonds is 9. The Kier molecular flexibility index (Phi) is 8.67. The molecule has 0 saturated heterocycles. The summed E-state index contributed by atoms with van der Waals surface area (Å²) in [5, 5.41) is 9.59. The summed E-state index contributed by atoms with van der Waals surface area (Å²) in [5.41, 5.74) is 6.30. The van der Waals surface area contributed by atoms with Crippen LogP contribution in [-0.2, 0) is 6.54 Å². The first-order chi connectivity index (χ1) is 17.2. The topological polar surface area (TPSA) is 105 Å². The molecular weight excluding hydrogens is 464 g/mol. The van der Waals surface area contributed by atoms with Crippen LogP contribution >= 0.6 is 0 Å². The largest absolute Gasteiger partial charge is 0.330 e. The Morgan fingerprint density at radius 1 is 1.17 bits per heavy atom. The number of hydrogen-bond donors (Lipinski definition) is 1. The van der Waals surface area contributed by atoms with Crippen molar-refractivity contribution in [1.82, 2.24) is 14.5 Å². The summed E-state index contributed by atoms with van der Waals surface area (Å²) in [5.74, 6) is -2.64. The second kappa shape index (κ2) is 11.7. The van der Waals surface area contributed by atoms with Gasteiger partial charge in [-0.05, 0) is 49.6 Å². The molecule has 0 fully saturated rings. The molecule has 0 saturated carbocycles. The number of halogens is 2. The van der Waals surface area contributed by atoms with Gasteiger partial charge < -0.3 is 15.2 Å². The number of carbonyl (C=O) groups excluding carboxylic acids is 1. The number of hydrogen-bond acceptors (Lipinski definition) is 5. The highest BCUT2D eigenvalue weighted by Crippen LogP contribution is 2.30. The molecule has 0 bridgehead atoms. The van der Waals surface area contributed by atoms with Gasteiger partial charge in [0.1, 0.15) is 17.5 Å². The molecule has 0 aliphatic rings. The molecule has 0 aliphatic heterocycles. The fourth-order valence-electron chi connectivity index (χ4n) is 4.22. The molecule has 2 aromatic carbocycles. The molecule has 2 N–H and O–H groups in total. The number of benzene rings is 2. The third-order valence-electron chi connectivity index (χ3n) is 6.03. The molecular formula is C27H29F2N5O2. The van der Waals surface area contributed by atoms with E-state index in [1.54, 1.807) is 11.5 Å². The zero-order chi connectivity index (χ0) is 26.4. The molecule has 36 heavy (non-hydrogen) atoms. The van der Waals surface area contributed by atoms with E-state index in [0.717, 1.165) is 17.7 Å². The second-order valence-corrected chi connectivity index (χ2v) is 8.88. The normalized spacial score (nSPS) is 11.8. The van der Waals surface area contributed by atoms with Crippen molar-refractivity contribution in [2.24, 2.45) is 11.7 Å². The molecule has 0 spiro atoms. The Balaban J connectivity index is 2.22. The van der Waals surface area contributed by atoms with Crippen molar-refractivity contribution < 1.29 is 13.6 Å². The van der Waals surface area contributed by atoms with Crippen LogP contribution in [0.25, 0.3) is 0 Å². The lowest BCUT2D eigenvalue weighted by atomic mass is 9.98. The highest BCUT2D eigenvalue weighted by Gasteiger charge is 2.33. The minimum Gasteiger partial charge on any atom is -0.330 e. The monoisotopic (exact) mass is 493 g/mol. The summed E-state index contributed by atoms with van der Waals surface area (Å²) < 4.78 is 29.3. The number of nitrogens with zero attached hydrogens (tertiary/aromatic N) is 4. The highest BCUT2D eigenvalue weighted by atomic mass is 19.2.